The van der Waals surface area contributed by atoms with Crippen LogP contribution in [-0.2, 0) is 9.53 Å². The highest BCUT2D eigenvalue weighted by atomic mass is 19.1. The Morgan fingerprint density at radius 1 is 1.00 bits per heavy atom. The number of halogens is 2. The zero-order valence-electron chi connectivity index (χ0n) is 25.1. The molecule has 232 valence electrons. The van der Waals surface area contributed by atoms with E-state index in [0.29, 0.717) is 19.0 Å². The van der Waals surface area contributed by atoms with E-state index in [1.54, 1.807) is 0 Å². The van der Waals surface area contributed by atoms with Crippen LogP contribution in [0.4, 0.5) is 19.3 Å². The van der Waals surface area contributed by atoms with Gasteiger partial charge >= 0.3 is 6.09 Å². The molecule has 10 heteroatoms. The second-order valence-corrected chi connectivity index (χ2v) is 12.8. The van der Waals surface area contributed by atoms with Crippen LogP contribution < -0.4 is 5.32 Å². The number of nitrogens with one attached hydrogen (secondary N) is 1. The van der Waals surface area contributed by atoms with Gasteiger partial charge in [0.05, 0.1) is 6.04 Å². The molecule has 1 aromatic carbocycles. The first-order valence-electron chi connectivity index (χ1n) is 16.0. The van der Waals surface area contributed by atoms with Crippen LogP contribution >= 0.6 is 0 Å². The summed E-state index contributed by atoms with van der Waals surface area (Å²) in [4.78, 5) is 43.5. The first kappa shape index (κ1) is 30.7. The van der Waals surface area contributed by atoms with E-state index in [1.165, 1.54) is 43.9 Å². The molecule has 1 N–H and O–H groups in total. The van der Waals surface area contributed by atoms with E-state index in [0.717, 1.165) is 76.7 Å². The third kappa shape index (κ3) is 6.58. The normalized spacial score (nSPS) is 23.8. The van der Waals surface area contributed by atoms with Crippen molar-refractivity contribution in [3.05, 3.63) is 29.3 Å². The lowest BCUT2D eigenvalue weighted by molar-refractivity contribution is -0.114. The molecule has 0 radical (unpaired) electrons. The van der Waals surface area contributed by atoms with Crippen molar-refractivity contribution in [2.24, 2.45) is 5.92 Å². The van der Waals surface area contributed by atoms with E-state index >= 15 is 0 Å². The van der Waals surface area contributed by atoms with Gasteiger partial charge in [0.2, 0.25) is 5.91 Å². The molecule has 1 saturated carbocycles. The Labute approximate surface area is 248 Å². The van der Waals surface area contributed by atoms with Gasteiger partial charge in [-0.2, -0.15) is 0 Å². The lowest BCUT2D eigenvalue weighted by Gasteiger charge is -2.46. The molecule has 4 fully saturated rings. The van der Waals surface area contributed by atoms with Crippen molar-refractivity contribution in [1.29, 1.82) is 0 Å². The van der Waals surface area contributed by atoms with Crippen LogP contribution in [0.2, 0.25) is 0 Å². The molecule has 1 spiro atoms. The summed E-state index contributed by atoms with van der Waals surface area (Å²) >= 11 is 0. The van der Waals surface area contributed by atoms with Crippen molar-refractivity contribution < 1.29 is 27.9 Å². The second kappa shape index (κ2) is 13.3. The van der Waals surface area contributed by atoms with Crippen LogP contribution in [0.15, 0.2) is 12.1 Å². The van der Waals surface area contributed by atoms with Gasteiger partial charge in [-0.15, -0.1) is 0 Å². The summed E-state index contributed by atoms with van der Waals surface area (Å²) in [6, 6.07) is 2.37. The maximum Gasteiger partial charge on any atom is 0.410 e. The van der Waals surface area contributed by atoms with E-state index in [-0.39, 0.29) is 23.9 Å². The molecule has 3 saturated heterocycles. The zero-order valence-corrected chi connectivity index (χ0v) is 25.1. The van der Waals surface area contributed by atoms with Crippen LogP contribution in [0, 0.1) is 17.6 Å². The quantitative estimate of drug-likeness (QED) is 0.406. The Bertz CT molecular complexity index is 1120. The minimum atomic E-state index is -0.978. The van der Waals surface area contributed by atoms with Crippen LogP contribution in [0.3, 0.4) is 0 Å². The molecule has 3 aliphatic heterocycles. The highest BCUT2D eigenvalue weighted by Gasteiger charge is 2.55. The minimum Gasteiger partial charge on any atom is -0.440 e. The highest BCUT2D eigenvalue weighted by molar-refractivity contribution is 5.96. The number of carbonyl (C=O) groups is 3. The van der Waals surface area contributed by atoms with Crippen molar-refractivity contribution >= 4 is 23.6 Å². The van der Waals surface area contributed by atoms with Crippen molar-refractivity contribution in [1.82, 2.24) is 14.7 Å². The molecule has 1 unspecified atom stereocenters. The summed E-state index contributed by atoms with van der Waals surface area (Å²) in [6.45, 7) is 6.77. The number of hydrogen-bond donors (Lipinski definition) is 1. The zero-order chi connectivity index (χ0) is 29.9. The average Bonchev–Trinajstić information content (AvgIpc) is 3.21. The molecular formula is C32H46F2N4O4. The summed E-state index contributed by atoms with van der Waals surface area (Å²) in [5.41, 5.74) is -1.02. The number of amides is 3. The number of unbranched alkanes of at least 4 members (excludes halogenated alkanes) is 1. The molecule has 3 heterocycles. The van der Waals surface area contributed by atoms with Gasteiger partial charge in [0, 0.05) is 64.2 Å². The first-order chi connectivity index (χ1) is 20.2. The number of nitrogens with zero attached hydrogens (tertiary/aromatic N) is 3. The van der Waals surface area contributed by atoms with Gasteiger partial charge in [0.1, 0.15) is 22.8 Å². The number of ether oxygens (including phenoxy) is 1. The number of piperidine rings is 2. The van der Waals surface area contributed by atoms with Crippen molar-refractivity contribution in [2.75, 3.05) is 38.0 Å². The summed E-state index contributed by atoms with van der Waals surface area (Å²) in [5.74, 6) is -2.49. The molecule has 42 heavy (non-hydrogen) atoms. The molecule has 1 aliphatic carbocycles. The first-order valence-corrected chi connectivity index (χ1v) is 16.0. The third-order valence-corrected chi connectivity index (χ3v) is 10.0. The predicted molar refractivity (Wildman–Crippen MR) is 156 cm³/mol. The molecule has 1 atom stereocenters. The summed E-state index contributed by atoms with van der Waals surface area (Å²) in [7, 11) is 0. The number of benzene rings is 1. The summed E-state index contributed by atoms with van der Waals surface area (Å²) in [5, 5.41) is 2.35. The SMILES string of the molecule is CCCCC1N(CC2CCCCC2)C(=O)OC12CCN(C1CCN(C(=O)c3c(F)cc(NC(C)=O)cc3F)CC1)CC2. The van der Waals surface area contributed by atoms with E-state index in [9.17, 15) is 23.2 Å². The Balaban J connectivity index is 1.17. The van der Waals surface area contributed by atoms with Crippen LogP contribution in [0.25, 0.3) is 0 Å². The van der Waals surface area contributed by atoms with Gasteiger partial charge in [-0.1, -0.05) is 39.0 Å². The Kier molecular flexibility index (Phi) is 9.70. The van der Waals surface area contributed by atoms with Gasteiger partial charge in [-0.25, -0.2) is 13.6 Å². The van der Waals surface area contributed by atoms with Crippen molar-refractivity contribution in [2.45, 2.75) is 109 Å². The Hall–Kier alpha value is -2.75. The number of anilines is 1. The maximum atomic E-state index is 14.7. The monoisotopic (exact) mass is 588 g/mol. The van der Waals surface area contributed by atoms with Crippen molar-refractivity contribution in [3.8, 4) is 0 Å². The second-order valence-electron chi connectivity index (χ2n) is 12.8. The fourth-order valence-electron chi connectivity index (χ4n) is 7.73. The topological polar surface area (TPSA) is 82.2 Å². The number of rotatable bonds is 8. The van der Waals surface area contributed by atoms with E-state index in [2.05, 4.69) is 22.0 Å². The van der Waals surface area contributed by atoms with Crippen LogP contribution in [0.5, 0.6) is 0 Å². The fraction of sp³-hybridized carbons (Fsp3) is 0.719. The minimum absolute atomic E-state index is 0.0161. The number of hydrogen-bond acceptors (Lipinski definition) is 5. The molecule has 1 aromatic rings. The highest BCUT2D eigenvalue weighted by Crippen LogP contribution is 2.43. The van der Waals surface area contributed by atoms with Crippen molar-refractivity contribution in [3.63, 3.8) is 0 Å². The van der Waals surface area contributed by atoms with E-state index < -0.39 is 34.6 Å². The maximum absolute atomic E-state index is 14.7. The number of carbonyl (C=O) groups excluding carboxylic acids is 3. The largest absolute Gasteiger partial charge is 0.440 e. The molecular weight excluding hydrogens is 542 g/mol. The van der Waals surface area contributed by atoms with Gasteiger partial charge in [0.15, 0.2) is 0 Å². The van der Waals surface area contributed by atoms with E-state index in [1.807, 2.05) is 0 Å². The van der Waals surface area contributed by atoms with Gasteiger partial charge in [-0.05, 0) is 50.2 Å². The standard InChI is InChI=1S/C32H46F2N4O4/c1-3-4-10-28-32(42-31(41)38(28)21-23-8-6-5-7-9-23)13-17-36(18-14-32)25-11-15-37(16-12-25)30(40)29-26(33)19-24(20-27(29)34)35-22(2)39/h19-20,23,25,28H,3-18,21H2,1-2H3,(H,35,39). The number of likely N-dealkylation sites (tertiary alicyclic amines) is 2. The smallest absolute Gasteiger partial charge is 0.410 e. The lowest BCUT2D eigenvalue weighted by Crippen LogP contribution is -2.56. The molecule has 3 amide bonds. The molecule has 4 aliphatic rings. The molecule has 5 rings (SSSR count). The van der Waals surface area contributed by atoms with Crippen LogP contribution in [0.1, 0.15) is 101 Å². The molecule has 0 aromatic heterocycles. The third-order valence-electron chi connectivity index (χ3n) is 10.0. The van der Waals surface area contributed by atoms with Gasteiger partial charge in [0.25, 0.3) is 5.91 Å². The van der Waals surface area contributed by atoms with E-state index in [4.69, 9.17) is 4.74 Å². The fourth-order valence-corrected chi connectivity index (χ4v) is 7.73. The summed E-state index contributed by atoms with van der Waals surface area (Å²) < 4.78 is 35.6. The predicted octanol–water partition coefficient (Wildman–Crippen LogP) is 5.95. The van der Waals surface area contributed by atoms with Gasteiger partial charge < -0.3 is 19.9 Å². The van der Waals surface area contributed by atoms with Crippen LogP contribution in [-0.4, -0.2) is 83.0 Å². The molecule has 8 nitrogen and oxygen atoms in total. The summed E-state index contributed by atoms with van der Waals surface area (Å²) in [6.07, 6.45) is 12.3. The van der Waals surface area contributed by atoms with Gasteiger partial charge in [-0.3, -0.25) is 14.5 Å². The Morgan fingerprint density at radius 2 is 1.64 bits per heavy atom. The lowest BCUT2D eigenvalue weighted by atomic mass is 9.80. The molecule has 0 bridgehead atoms. The average molecular weight is 589 g/mol. The Morgan fingerprint density at radius 3 is 2.24 bits per heavy atom.